The van der Waals surface area contributed by atoms with E-state index >= 15 is 0 Å². The third-order valence-electron chi connectivity index (χ3n) is 3.00. The SMILES string of the molecule is CCC(O)Cn1cc(CNS(=O)(=O)c2cccc(F)c2)nn1. The molecule has 0 saturated heterocycles. The van der Waals surface area contributed by atoms with E-state index < -0.39 is 21.9 Å². The average Bonchev–Trinajstić information content (AvgIpc) is 2.93. The monoisotopic (exact) mass is 328 g/mol. The molecule has 1 heterocycles. The zero-order valence-corrected chi connectivity index (χ0v) is 12.8. The highest BCUT2D eigenvalue weighted by atomic mass is 32.2. The Balaban J connectivity index is 2.00. The first-order valence-electron chi connectivity index (χ1n) is 6.73. The van der Waals surface area contributed by atoms with E-state index in [0.717, 1.165) is 6.07 Å². The number of aliphatic hydroxyl groups excluding tert-OH is 1. The Kier molecular flexibility index (Phi) is 5.22. The van der Waals surface area contributed by atoms with Crippen LogP contribution in [-0.2, 0) is 23.1 Å². The molecule has 1 aromatic carbocycles. The van der Waals surface area contributed by atoms with Crippen molar-refractivity contribution in [2.45, 2.75) is 37.4 Å². The Morgan fingerprint density at radius 3 is 2.91 bits per heavy atom. The second kappa shape index (κ2) is 6.95. The van der Waals surface area contributed by atoms with Gasteiger partial charge in [-0.25, -0.2) is 22.2 Å². The Hall–Kier alpha value is -1.84. The fourth-order valence-corrected chi connectivity index (χ4v) is 2.77. The summed E-state index contributed by atoms with van der Waals surface area (Å²) in [5.41, 5.74) is 0.406. The van der Waals surface area contributed by atoms with Crippen LogP contribution in [0.2, 0.25) is 0 Å². The number of aliphatic hydroxyl groups is 1. The molecule has 2 aromatic rings. The van der Waals surface area contributed by atoms with Crippen LogP contribution < -0.4 is 4.72 Å². The maximum absolute atomic E-state index is 13.1. The molecule has 0 fully saturated rings. The van der Waals surface area contributed by atoms with Crippen molar-refractivity contribution in [3.05, 3.63) is 42.0 Å². The van der Waals surface area contributed by atoms with E-state index in [2.05, 4.69) is 15.0 Å². The minimum absolute atomic E-state index is 0.0684. The van der Waals surface area contributed by atoms with Gasteiger partial charge in [0.1, 0.15) is 5.82 Å². The van der Waals surface area contributed by atoms with Crippen LogP contribution in [0.25, 0.3) is 0 Å². The molecule has 9 heteroatoms. The van der Waals surface area contributed by atoms with E-state index in [1.165, 1.54) is 22.9 Å². The quantitative estimate of drug-likeness (QED) is 0.778. The minimum Gasteiger partial charge on any atom is -0.391 e. The first-order valence-corrected chi connectivity index (χ1v) is 8.21. The van der Waals surface area contributed by atoms with E-state index in [1.54, 1.807) is 6.20 Å². The second-order valence-electron chi connectivity index (χ2n) is 4.78. The lowest BCUT2D eigenvalue weighted by molar-refractivity contribution is 0.144. The van der Waals surface area contributed by atoms with Gasteiger partial charge in [-0.1, -0.05) is 18.2 Å². The lowest BCUT2D eigenvalue weighted by Crippen LogP contribution is -2.23. The molecular formula is C13H17FN4O3S. The normalized spacial score (nSPS) is 13.2. The van der Waals surface area contributed by atoms with Crippen molar-refractivity contribution < 1.29 is 17.9 Å². The van der Waals surface area contributed by atoms with Gasteiger partial charge in [0.2, 0.25) is 10.0 Å². The van der Waals surface area contributed by atoms with Crippen molar-refractivity contribution in [2.24, 2.45) is 0 Å². The first kappa shape index (κ1) is 16.5. The Labute approximate surface area is 127 Å². The number of hydrogen-bond acceptors (Lipinski definition) is 5. The summed E-state index contributed by atoms with van der Waals surface area (Å²) >= 11 is 0. The van der Waals surface area contributed by atoms with E-state index in [9.17, 15) is 17.9 Å². The van der Waals surface area contributed by atoms with Crippen LogP contribution in [0.4, 0.5) is 4.39 Å². The second-order valence-corrected chi connectivity index (χ2v) is 6.54. The highest BCUT2D eigenvalue weighted by molar-refractivity contribution is 7.89. The number of aromatic nitrogens is 3. The predicted octanol–water partition coefficient (Wildman–Crippen LogP) is 0.667. The molecule has 0 spiro atoms. The zero-order chi connectivity index (χ0) is 16.2. The summed E-state index contributed by atoms with van der Waals surface area (Å²) in [6.45, 7) is 2.07. The number of nitrogens with one attached hydrogen (secondary N) is 1. The highest BCUT2D eigenvalue weighted by Crippen LogP contribution is 2.10. The lowest BCUT2D eigenvalue weighted by Gasteiger charge is -2.06. The minimum atomic E-state index is -3.82. The van der Waals surface area contributed by atoms with Crippen molar-refractivity contribution >= 4 is 10.0 Å². The van der Waals surface area contributed by atoms with Gasteiger partial charge in [0, 0.05) is 6.20 Å². The highest BCUT2D eigenvalue weighted by Gasteiger charge is 2.15. The summed E-state index contributed by atoms with van der Waals surface area (Å²) in [6, 6.07) is 4.74. The fourth-order valence-electron chi connectivity index (χ4n) is 1.74. The van der Waals surface area contributed by atoms with Gasteiger partial charge in [-0.05, 0) is 24.6 Å². The van der Waals surface area contributed by atoms with Crippen molar-refractivity contribution in [3.63, 3.8) is 0 Å². The summed E-state index contributed by atoms with van der Waals surface area (Å²) in [4.78, 5) is -0.152. The number of rotatable bonds is 7. The Morgan fingerprint density at radius 1 is 1.45 bits per heavy atom. The Morgan fingerprint density at radius 2 is 2.23 bits per heavy atom. The van der Waals surface area contributed by atoms with Gasteiger partial charge in [-0.2, -0.15) is 0 Å². The Bertz CT molecular complexity index is 732. The first-order chi connectivity index (χ1) is 10.4. The molecule has 0 aliphatic rings. The molecule has 7 nitrogen and oxygen atoms in total. The molecule has 0 radical (unpaired) electrons. The molecule has 1 atom stereocenters. The van der Waals surface area contributed by atoms with Gasteiger partial charge < -0.3 is 5.11 Å². The maximum atomic E-state index is 13.1. The van der Waals surface area contributed by atoms with E-state index in [1.807, 2.05) is 6.92 Å². The van der Waals surface area contributed by atoms with Crippen LogP contribution in [0.1, 0.15) is 19.0 Å². The number of nitrogens with zero attached hydrogens (tertiary/aromatic N) is 3. The topological polar surface area (TPSA) is 97.1 Å². The van der Waals surface area contributed by atoms with Crippen LogP contribution in [-0.4, -0.2) is 34.6 Å². The summed E-state index contributed by atoms with van der Waals surface area (Å²) in [5.74, 6) is -0.623. The van der Waals surface area contributed by atoms with Crippen molar-refractivity contribution in [1.29, 1.82) is 0 Å². The molecule has 0 saturated carbocycles. The molecule has 1 aromatic heterocycles. The van der Waals surface area contributed by atoms with E-state index in [0.29, 0.717) is 18.7 Å². The summed E-state index contributed by atoms with van der Waals surface area (Å²) in [5, 5.41) is 17.1. The van der Waals surface area contributed by atoms with Crippen LogP contribution in [0, 0.1) is 5.82 Å². The summed E-state index contributed by atoms with van der Waals surface area (Å²) < 4.78 is 40.9. The molecule has 120 valence electrons. The molecule has 0 bridgehead atoms. The van der Waals surface area contributed by atoms with Gasteiger partial charge in [0.15, 0.2) is 0 Å². The number of sulfonamides is 1. The number of halogens is 1. The molecule has 2 N–H and O–H groups in total. The summed E-state index contributed by atoms with van der Waals surface area (Å²) in [7, 11) is -3.82. The smallest absolute Gasteiger partial charge is 0.241 e. The fraction of sp³-hybridized carbons (Fsp3) is 0.385. The van der Waals surface area contributed by atoms with Crippen LogP contribution in [0.15, 0.2) is 35.4 Å². The molecule has 0 amide bonds. The third kappa shape index (κ3) is 4.33. The molecule has 2 rings (SSSR count). The van der Waals surface area contributed by atoms with Crippen LogP contribution in [0.3, 0.4) is 0 Å². The summed E-state index contributed by atoms with van der Waals surface area (Å²) in [6.07, 6.45) is 1.60. The van der Waals surface area contributed by atoms with Crippen molar-refractivity contribution in [1.82, 2.24) is 19.7 Å². The zero-order valence-electron chi connectivity index (χ0n) is 12.0. The third-order valence-corrected chi connectivity index (χ3v) is 4.40. The van der Waals surface area contributed by atoms with Crippen LogP contribution >= 0.6 is 0 Å². The molecule has 22 heavy (non-hydrogen) atoms. The largest absolute Gasteiger partial charge is 0.391 e. The number of hydrogen-bond donors (Lipinski definition) is 2. The molecule has 0 aliphatic heterocycles. The van der Waals surface area contributed by atoms with Crippen molar-refractivity contribution in [3.8, 4) is 0 Å². The average molecular weight is 328 g/mol. The molecule has 1 unspecified atom stereocenters. The molecule has 0 aliphatic carbocycles. The lowest BCUT2D eigenvalue weighted by atomic mass is 10.3. The standard InChI is InChI=1S/C13H17FN4O3S/c1-2-12(19)9-18-8-11(16-17-18)7-15-22(20,21)13-5-3-4-10(14)6-13/h3-6,8,12,15,19H,2,7,9H2,1H3. The van der Waals surface area contributed by atoms with Gasteiger partial charge in [-0.15, -0.1) is 5.10 Å². The van der Waals surface area contributed by atoms with Gasteiger partial charge >= 0.3 is 0 Å². The number of benzene rings is 1. The van der Waals surface area contributed by atoms with Gasteiger partial charge in [0.05, 0.1) is 29.8 Å². The predicted molar refractivity (Wildman–Crippen MR) is 76.7 cm³/mol. The van der Waals surface area contributed by atoms with E-state index in [4.69, 9.17) is 0 Å². The van der Waals surface area contributed by atoms with Crippen LogP contribution in [0.5, 0.6) is 0 Å². The molecular weight excluding hydrogens is 311 g/mol. The van der Waals surface area contributed by atoms with E-state index in [-0.39, 0.29) is 11.4 Å². The van der Waals surface area contributed by atoms with Crippen molar-refractivity contribution in [2.75, 3.05) is 0 Å². The maximum Gasteiger partial charge on any atom is 0.241 e. The van der Waals surface area contributed by atoms with Gasteiger partial charge in [0.25, 0.3) is 0 Å². The van der Waals surface area contributed by atoms with Gasteiger partial charge in [-0.3, -0.25) is 0 Å².